The lowest BCUT2D eigenvalue weighted by atomic mass is 10.0. The normalized spacial score (nSPS) is 18.5. The maximum absolute atomic E-state index is 12.6. The summed E-state index contributed by atoms with van der Waals surface area (Å²) in [6.45, 7) is 4.85. The van der Waals surface area contributed by atoms with Crippen LogP contribution in [0.5, 0.6) is 0 Å². The van der Waals surface area contributed by atoms with Crippen LogP contribution in [0.1, 0.15) is 24.0 Å². The molecule has 3 heterocycles. The fourth-order valence-electron chi connectivity index (χ4n) is 3.81. The number of nitrogens with zero attached hydrogens (tertiary/aromatic N) is 3. The minimum absolute atomic E-state index is 0.00811. The van der Waals surface area contributed by atoms with E-state index in [-0.39, 0.29) is 6.03 Å². The lowest BCUT2D eigenvalue weighted by Gasteiger charge is -2.38. The Hall–Kier alpha value is -2.56. The van der Waals surface area contributed by atoms with E-state index in [0.29, 0.717) is 11.9 Å². The molecule has 2 aliphatic heterocycles. The molecule has 0 aliphatic carbocycles. The number of carbonyl (C=O) groups is 1. The lowest BCUT2D eigenvalue weighted by molar-refractivity contribution is 0.177. The van der Waals surface area contributed by atoms with E-state index in [2.05, 4.69) is 46.4 Å². The molecule has 1 fully saturated rings. The molecule has 1 aromatic heterocycles. The van der Waals surface area contributed by atoms with Crippen LogP contribution in [0.25, 0.3) is 0 Å². The van der Waals surface area contributed by atoms with E-state index in [9.17, 15) is 4.79 Å². The van der Waals surface area contributed by atoms with Crippen molar-refractivity contribution in [2.24, 2.45) is 0 Å². The van der Waals surface area contributed by atoms with Crippen molar-refractivity contribution in [3.8, 4) is 0 Å². The summed E-state index contributed by atoms with van der Waals surface area (Å²) in [6.07, 6.45) is 4.60. The highest BCUT2D eigenvalue weighted by molar-refractivity contribution is 5.90. The number of aryl methyl sites for hydroxylation is 1. The van der Waals surface area contributed by atoms with E-state index in [1.807, 2.05) is 17.0 Å². The van der Waals surface area contributed by atoms with E-state index in [1.54, 1.807) is 6.20 Å². The summed E-state index contributed by atoms with van der Waals surface area (Å²) in [4.78, 5) is 21.4. The molecule has 25 heavy (non-hydrogen) atoms. The Morgan fingerprint density at radius 3 is 2.60 bits per heavy atom. The standard InChI is InChI=1S/C20H24N4O/c1-15-4-6-17(7-5-15)23-12-9-18(10-13-23)24-14-8-16-3-2-11-21-19(16)22-20(24)25/h2-7,11,18H,8-10,12-14H2,1H3,(H,21,22,25). The average Bonchev–Trinajstić information content (AvgIpc) is 2.81. The van der Waals surface area contributed by atoms with E-state index < -0.39 is 0 Å². The second kappa shape index (κ2) is 6.75. The molecule has 1 aromatic carbocycles. The van der Waals surface area contributed by atoms with Crippen LogP contribution in [0.15, 0.2) is 42.6 Å². The Balaban J connectivity index is 1.41. The van der Waals surface area contributed by atoms with Gasteiger partial charge in [-0.15, -0.1) is 0 Å². The molecule has 0 spiro atoms. The second-order valence-electron chi connectivity index (χ2n) is 6.94. The number of carbonyl (C=O) groups excluding carboxylic acids is 1. The van der Waals surface area contributed by atoms with Gasteiger partial charge in [0.05, 0.1) is 0 Å². The van der Waals surface area contributed by atoms with Gasteiger partial charge in [-0.3, -0.25) is 5.32 Å². The number of rotatable bonds is 2. The van der Waals surface area contributed by atoms with Gasteiger partial charge in [-0.1, -0.05) is 23.8 Å². The molecule has 5 nitrogen and oxygen atoms in total. The zero-order valence-corrected chi connectivity index (χ0v) is 14.6. The zero-order valence-electron chi connectivity index (χ0n) is 14.6. The van der Waals surface area contributed by atoms with Gasteiger partial charge in [-0.25, -0.2) is 9.78 Å². The highest BCUT2D eigenvalue weighted by atomic mass is 16.2. The van der Waals surface area contributed by atoms with Crippen molar-refractivity contribution in [3.05, 3.63) is 53.7 Å². The summed E-state index contributed by atoms with van der Waals surface area (Å²) in [6, 6.07) is 13.0. The maximum Gasteiger partial charge on any atom is 0.323 e. The Labute approximate surface area is 148 Å². The summed E-state index contributed by atoms with van der Waals surface area (Å²) in [5.74, 6) is 0.715. The number of amides is 2. The van der Waals surface area contributed by atoms with Crippen molar-refractivity contribution in [2.45, 2.75) is 32.2 Å². The van der Waals surface area contributed by atoms with Crippen molar-refractivity contribution in [3.63, 3.8) is 0 Å². The van der Waals surface area contributed by atoms with Crippen molar-refractivity contribution in [1.29, 1.82) is 0 Å². The quantitative estimate of drug-likeness (QED) is 0.914. The first-order chi connectivity index (χ1) is 12.2. The molecule has 130 valence electrons. The molecule has 2 aliphatic rings. The third-order valence-electron chi connectivity index (χ3n) is 5.30. The first kappa shape index (κ1) is 15.9. The number of aromatic nitrogens is 1. The summed E-state index contributed by atoms with van der Waals surface area (Å²) in [5.41, 5.74) is 3.68. The summed E-state index contributed by atoms with van der Waals surface area (Å²) >= 11 is 0. The third kappa shape index (κ3) is 3.31. The molecule has 0 saturated carbocycles. The van der Waals surface area contributed by atoms with Crippen LogP contribution in [-0.4, -0.2) is 41.6 Å². The minimum Gasteiger partial charge on any atom is -0.371 e. The molecule has 5 heteroatoms. The fraction of sp³-hybridized carbons (Fsp3) is 0.400. The van der Waals surface area contributed by atoms with Crippen molar-refractivity contribution < 1.29 is 4.79 Å². The van der Waals surface area contributed by atoms with Crippen LogP contribution in [0.2, 0.25) is 0 Å². The summed E-state index contributed by atoms with van der Waals surface area (Å²) < 4.78 is 0. The number of pyridine rings is 1. The predicted molar refractivity (Wildman–Crippen MR) is 100 cm³/mol. The van der Waals surface area contributed by atoms with Crippen molar-refractivity contribution in [2.75, 3.05) is 29.9 Å². The summed E-state index contributed by atoms with van der Waals surface area (Å²) in [5, 5.41) is 2.98. The van der Waals surface area contributed by atoms with Gasteiger partial charge in [-0.2, -0.15) is 0 Å². The van der Waals surface area contributed by atoms with E-state index in [1.165, 1.54) is 11.3 Å². The van der Waals surface area contributed by atoms with Crippen LogP contribution in [0.4, 0.5) is 16.3 Å². The Kier molecular flexibility index (Phi) is 4.30. The summed E-state index contributed by atoms with van der Waals surface area (Å²) in [7, 11) is 0. The van der Waals surface area contributed by atoms with Gasteiger partial charge in [0, 0.05) is 37.6 Å². The zero-order chi connectivity index (χ0) is 17.2. The molecule has 0 atom stereocenters. The molecule has 0 unspecified atom stereocenters. The van der Waals surface area contributed by atoms with Crippen LogP contribution in [0, 0.1) is 6.92 Å². The molecular formula is C20H24N4O. The number of hydrogen-bond acceptors (Lipinski definition) is 3. The number of piperidine rings is 1. The molecular weight excluding hydrogens is 312 g/mol. The number of nitrogens with one attached hydrogen (secondary N) is 1. The average molecular weight is 336 g/mol. The van der Waals surface area contributed by atoms with Gasteiger partial charge in [0.2, 0.25) is 0 Å². The van der Waals surface area contributed by atoms with Gasteiger partial charge >= 0.3 is 6.03 Å². The van der Waals surface area contributed by atoms with Crippen LogP contribution in [0.3, 0.4) is 0 Å². The van der Waals surface area contributed by atoms with Gasteiger partial charge in [0.15, 0.2) is 0 Å². The van der Waals surface area contributed by atoms with Crippen molar-refractivity contribution in [1.82, 2.24) is 9.88 Å². The van der Waals surface area contributed by atoms with Gasteiger partial charge in [0.1, 0.15) is 5.82 Å². The fourth-order valence-corrected chi connectivity index (χ4v) is 3.81. The monoisotopic (exact) mass is 336 g/mol. The lowest BCUT2D eigenvalue weighted by Crippen LogP contribution is -2.49. The van der Waals surface area contributed by atoms with Gasteiger partial charge in [0.25, 0.3) is 0 Å². The largest absolute Gasteiger partial charge is 0.371 e. The number of urea groups is 1. The number of anilines is 2. The van der Waals surface area contributed by atoms with E-state index in [0.717, 1.165) is 44.5 Å². The molecule has 4 rings (SSSR count). The van der Waals surface area contributed by atoms with E-state index in [4.69, 9.17) is 0 Å². The Morgan fingerprint density at radius 1 is 1.08 bits per heavy atom. The Morgan fingerprint density at radius 2 is 1.84 bits per heavy atom. The first-order valence-electron chi connectivity index (χ1n) is 9.04. The first-order valence-corrected chi connectivity index (χ1v) is 9.04. The topological polar surface area (TPSA) is 48.5 Å². The second-order valence-corrected chi connectivity index (χ2v) is 6.94. The number of fused-ring (bicyclic) bond motifs is 1. The highest BCUT2D eigenvalue weighted by Crippen LogP contribution is 2.25. The van der Waals surface area contributed by atoms with Gasteiger partial charge < -0.3 is 9.80 Å². The molecule has 2 aromatic rings. The smallest absolute Gasteiger partial charge is 0.323 e. The number of hydrogen-bond donors (Lipinski definition) is 1. The molecule has 0 radical (unpaired) electrons. The Bertz CT molecular complexity index is 751. The highest BCUT2D eigenvalue weighted by Gasteiger charge is 2.30. The maximum atomic E-state index is 12.6. The predicted octanol–water partition coefficient (Wildman–Crippen LogP) is 3.45. The van der Waals surface area contributed by atoms with E-state index >= 15 is 0 Å². The van der Waals surface area contributed by atoms with Crippen molar-refractivity contribution >= 4 is 17.5 Å². The van der Waals surface area contributed by atoms with Crippen LogP contribution in [-0.2, 0) is 6.42 Å². The number of benzene rings is 1. The van der Waals surface area contributed by atoms with Crippen LogP contribution < -0.4 is 10.2 Å². The minimum atomic E-state index is -0.00811. The SMILES string of the molecule is Cc1ccc(N2CCC(N3CCc4cccnc4NC3=O)CC2)cc1. The molecule has 2 amide bonds. The third-order valence-corrected chi connectivity index (χ3v) is 5.30. The molecule has 1 saturated heterocycles. The van der Waals surface area contributed by atoms with Gasteiger partial charge in [-0.05, 0) is 49.9 Å². The van der Waals surface area contributed by atoms with Crippen LogP contribution >= 0.6 is 0 Å². The molecule has 1 N–H and O–H groups in total. The molecule has 0 bridgehead atoms.